The van der Waals surface area contributed by atoms with Crippen LogP contribution in [0.4, 0.5) is 5.69 Å². The normalized spacial score (nSPS) is 11.2. The Hall–Kier alpha value is -1.52. The number of halogens is 2. The van der Waals surface area contributed by atoms with E-state index in [0.29, 0.717) is 16.5 Å². The zero-order valence-corrected chi connectivity index (χ0v) is 16.6. The Morgan fingerprint density at radius 2 is 1.92 bits per heavy atom. The van der Waals surface area contributed by atoms with Crippen molar-refractivity contribution in [2.24, 2.45) is 0 Å². The van der Waals surface area contributed by atoms with Crippen molar-refractivity contribution < 1.29 is 9.53 Å². The summed E-state index contributed by atoms with van der Waals surface area (Å²) in [6.07, 6.45) is 0. The summed E-state index contributed by atoms with van der Waals surface area (Å²) in [6.45, 7) is 8.18. The van der Waals surface area contributed by atoms with Gasteiger partial charge in [0.2, 0.25) is 0 Å². The second-order valence-electron chi connectivity index (χ2n) is 6.69. The molecule has 128 valence electrons. The van der Waals surface area contributed by atoms with Crippen LogP contribution in [0.25, 0.3) is 0 Å². The molecule has 0 aliphatic carbocycles. The molecule has 0 spiro atoms. The first-order valence-corrected chi connectivity index (χ1v) is 8.83. The van der Waals surface area contributed by atoms with E-state index < -0.39 is 0 Å². The number of carbonyl (C=O) groups excluding carboxylic acids is 1. The number of hydrogen-bond acceptors (Lipinski definition) is 2. The molecule has 0 atom stereocenters. The molecular formula is C19H21BrClNO2. The fourth-order valence-corrected chi connectivity index (χ4v) is 2.77. The molecule has 0 saturated heterocycles. The molecule has 5 heteroatoms. The van der Waals surface area contributed by atoms with Gasteiger partial charge >= 0.3 is 0 Å². The van der Waals surface area contributed by atoms with Crippen LogP contribution >= 0.6 is 27.5 Å². The zero-order valence-electron chi connectivity index (χ0n) is 14.2. The van der Waals surface area contributed by atoms with Crippen LogP contribution in [-0.4, -0.2) is 12.5 Å². The van der Waals surface area contributed by atoms with Gasteiger partial charge in [0.05, 0.1) is 0 Å². The average Bonchev–Trinajstić information content (AvgIpc) is 2.49. The summed E-state index contributed by atoms with van der Waals surface area (Å²) in [4.78, 5) is 12.1. The lowest BCUT2D eigenvalue weighted by atomic mass is 9.86. The van der Waals surface area contributed by atoms with Gasteiger partial charge in [-0.3, -0.25) is 4.79 Å². The Balaban J connectivity index is 2.05. The Kier molecular flexibility index (Phi) is 5.94. The molecule has 0 heterocycles. The summed E-state index contributed by atoms with van der Waals surface area (Å²) < 4.78 is 6.73. The Morgan fingerprint density at radius 1 is 1.21 bits per heavy atom. The molecule has 0 radical (unpaired) electrons. The van der Waals surface area contributed by atoms with E-state index in [2.05, 4.69) is 42.0 Å². The lowest BCUT2D eigenvalue weighted by Gasteiger charge is -2.23. The molecule has 1 amide bonds. The zero-order chi connectivity index (χ0) is 17.9. The molecular weight excluding hydrogens is 390 g/mol. The second-order valence-corrected chi connectivity index (χ2v) is 8.01. The molecule has 3 nitrogen and oxygen atoms in total. The predicted octanol–water partition coefficient (Wildman–Crippen LogP) is 5.73. The van der Waals surface area contributed by atoms with Gasteiger partial charge in [-0.25, -0.2) is 0 Å². The van der Waals surface area contributed by atoms with Crippen LogP contribution < -0.4 is 10.1 Å². The van der Waals surface area contributed by atoms with Crippen molar-refractivity contribution in [2.45, 2.75) is 33.1 Å². The van der Waals surface area contributed by atoms with Crippen molar-refractivity contribution in [1.82, 2.24) is 0 Å². The van der Waals surface area contributed by atoms with E-state index in [1.54, 1.807) is 6.07 Å². The number of aryl methyl sites for hydroxylation is 1. The highest BCUT2D eigenvalue weighted by Gasteiger charge is 2.20. The standard InChI is InChI=1S/C19H21BrClNO2/c1-12-5-7-14(10-16(12)21)22-18(23)11-24-17-8-6-13(20)9-15(17)19(2,3)4/h5-10H,11H2,1-4H3,(H,22,23). The minimum absolute atomic E-state index is 0.0593. The molecule has 2 aromatic rings. The van der Waals surface area contributed by atoms with Crippen molar-refractivity contribution in [1.29, 1.82) is 0 Å². The van der Waals surface area contributed by atoms with E-state index in [4.69, 9.17) is 16.3 Å². The highest BCUT2D eigenvalue weighted by Crippen LogP contribution is 2.33. The number of benzene rings is 2. The fourth-order valence-electron chi connectivity index (χ4n) is 2.23. The highest BCUT2D eigenvalue weighted by molar-refractivity contribution is 9.10. The van der Waals surface area contributed by atoms with E-state index in [0.717, 1.165) is 15.6 Å². The van der Waals surface area contributed by atoms with Crippen LogP contribution in [0.2, 0.25) is 5.02 Å². The maximum absolute atomic E-state index is 12.1. The molecule has 0 bridgehead atoms. The van der Waals surface area contributed by atoms with Crippen LogP contribution in [-0.2, 0) is 10.2 Å². The number of anilines is 1. The van der Waals surface area contributed by atoms with Crippen LogP contribution in [0, 0.1) is 6.92 Å². The van der Waals surface area contributed by atoms with Crippen molar-refractivity contribution >= 4 is 39.1 Å². The molecule has 0 saturated carbocycles. The molecule has 1 N–H and O–H groups in total. The topological polar surface area (TPSA) is 38.3 Å². The first-order valence-electron chi connectivity index (χ1n) is 7.65. The third kappa shape index (κ3) is 4.99. The molecule has 0 aliphatic rings. The summed E-state index contributed by atoms with van der Waals surface area (Å²) in [6, 6.07) is 11.2. The van der Waals surface area contributed by atoms with Crippen LogP contribution in [0.5, 0.6) is 5.75 Å². The first-order chi connectivity index (χ1) is 11.2. The SMILES string of the molecule is Cc1ccc(NC(=O)COc2ccc(Br)cc2C(C)(C)C)cc1Cl. The Labute approximate surface area is 156 Å². The summed E-state index contributed by atoms with van der Waals surface area (Å²) >= 11 is 9.55. The van der Waals surface area contributed by atoms with Gasteiger partial charge in [-0.1, -0.05) is 54.4 Å². The monoisotopic (exact) mass is 409 g/mol. The fraction of sp³-hybridized carbons (Fsp3) is 0.316. The van der Waals surface area contributed by atoms with E-state index in [1.807, 2.05) is 37.3 Å². The number of rotatable bonds is 4. The van der Waals surface area contributed by atoms with E-state index in [1.165, 1.54) is 0 Å². The largest absolute Gasteiger partial charge is 0.483 e. The van der Waals surface area contributed by atoms with E-state index in [9.17, 15) is 4.79 Å². The summed E-state index contributed by atoms with van der Waals surface area (Å²) in [7, 11) is 0. The number of ether oxygens (including phenoxy) is 1. The van der Waals surface area contributed by atoms with Gasteiger partial charge in [0, 0.05) is 20.7 Å². The number of amides is 1. The first kappa shape index (κ1) is 18.8. The Bertz CT molecular complexity index is 754. The van der Waals surface area contributed by atoms with Crippen molar-refractivity contribution in [3.63, 3.8) is 0 Å². The van der Waals surface area contributed by atoms with Gasteiger partial charge in [0.1, 0.15) is 5.75 Å². The summed E-state index contributed by atoms with van der Waals surface area (Å²) in [5.74, 6) is 0.487. The molecule has 24 heavy (non-hydrogen) atoms. The number of nitrogens with one attached hydrogen (secondary N) is 1. The van der Waals surface area contributed by atoms with Crippen LogP contribution in [0.15, 0.2) is 40.9 Å². The van der Waals surface area contributed by atoms with E-state index >= 15 is 0 Å². The molecule has 0 unspecified atom stereocenters. The summed E-state index contributed by atoms with van der Waals surface area (Å²) in [5, 5.41) is 3.41. The van der Waals surface area contributed by atoms with Crippen LogP contribution in [0.1, 0.15) is 31.9 Å². The third-order valence-corrected chi connectivity index (χ3v) is 4.46. The Morgan fingerprint density at radius 3 is 2.54 bits per heavy atom. The van der Waals surface area contributed by atoms with E-state index in [-0.39, 0.29) is 17.9 Å². The van der Waals surface area contributed by atoms with Gasteiger partial charge in [-0.2, -0.15) is 0 Å². The molecule has 0 aliphatic heterocycles. The lowest BCUT2D eigenvalue weighted by molar-refractivity contribution is -0.118. The van der Waals surface area contributed by atoms with Gasteiger partial charge in [0.15, 0.2) is 6.61 Å². The minimum Gasteiger partial charge on any atom is -0.483 e. The van der Waals surface area contributed by atoms with Gasteiger partial charge in [-0.05, 0) is 48.2 Å². The van der Waals surface area contributed by atoms with Crippen molar-refractivity contribution in [3.05, 3.63) is 57.0 Å². The molecule has 0 fully saturated rings. The number of carbonyl (C=O) groups is 1. The second kappa shape index (κ2) is 7.58. The maximum Gasteiger partial charge on any atom is 0.262 e. The van der Waals surface area contributed by atoms with Gasteiger partial charge in [-0.15, -0.1) is 0 Å². The molecule has 2 rings (SSSR count). The molecule has 0 aromatic heterocycles. The van der Waals surface area contributed by atoms with Crippen molar-refractivity contribution in [3.8, 4) is 5.75 Å². The third-order valence-electron chi connectivity index (χ3n) is 3.56. The minimum atomic E-state index is -0.224. The average molecular weight is 411 g/mol. The highest BCUT2D eigenvalue weighted by atomic mass is 79.9. The van der Waals surface area contributed by atoms with Gasteiger partial charge in [0.25, 0.3) is 5.91 Å². The molecule has 2 aromatic carbocycles. The predicted molar refractivity (Wildman–Crippen MR) is 103 cm³/mol. The lowest BCUT2D eigenvalue weighted by Crippen LogP contribution is -2.22. The van der Waals surface area contributed by atoms with Gasteiger partial charge < -0.3 is 10.1 Å². The van der Waals surface area contributed by atoms with Crippen LogP contribution in [0.3, 0.4) is 0 Å². The quantitative estimate of drug-likeness (QED) is 0.699. The smallest absolute Gasteiger partial charge is 0.262 e. The number of hydrogen-bond donors (Lipinski definition) is 1. The summed E-state index contributed by atoms with van der Waals surface area (Å²) in [5.41, 5.74) is 2.59. The van der Waals surface area contributed by atoms with Crippen molar-refractivity contribution in [2.75, 3.05) is 11.9 Å². The maximum atomic E-state index is 12.1.